The van der Waals surface area contributed by atoms with Crippen molar-refractivity contribution in [3.8, 4) is 0 Å². The van der Waals surface area contributed by atoms with Gasteiger partial charge in [0.05, 0.1) is 0 Å². The molecule has 0 unspecified atom stereocenters. The molecule has 21 heavy (non-hydrogen) atoms. The molecule has 0 saturated heterocycles. The second-order valence-electron chi connectivity index (χ2n) is 4.58. The highest BCUT2D eigenvalue weighted by molar-refractivity contribution is 8.23. The summed E-state index contributed by atoms with van der Waals surface area (Å²) < 4.78 is 0. The lowest BCUT2D eigenvalue weighted by atomic mass is 10.4. The zero-order valence-corrected chi connectivity index (χ0v) is 13.8. The molecule has 2 rings (SSSR count). The summed E-state index contributed by atoms with van der Waals surface area (Å²) in [7, 11) is 0. The van der Waals surface area contributed by atoms with E-state index >= 15 is 0 Å². The summed E-state index contributed by atoms with van der Waals surface area (Å²) in [5, 5.41) is 2.45. The first-order valence-electron chi connectivity index (χ1n) is 6.95. The van der Waals surface area contributed by atoms with E-state index in [1.54, 1.807) is 0 Å². The van der Waals surface area contributed by atoms with Crippen LogP contribution in [0.15, 0.2) is 96.9 Å². The Morgan fingerprint density at radius 3 is 1.67 bits per heavy atom. The zero-order valence-electron chi connectivity index (χ0n) is 12.1. The largest absolute Gasteiger partial charge is 0.0877 e. The summed E-state index contributed by atoms with van der Waals surface area (Å²) >= 11 is 6.09. The molecule has 0 aliphatic carbocycles. The molecule has 106 valence electrons. The molecule has 2 aromatic rings. The van der Waals surface area contributed by atoms with E-state index in [0.29, 0.717) is 0 Å². The van der Waals surface area contributed by atoms with Crippen molar-refractivity contribution in [2.75, 3.05) is 0 Å². The molecule has 2 aromatic carbocycles. The van der Waals surface area contributed by atoms with Crippen LogP contribution in [-0.2, 0) is 11.8 Å². The van der Waals surface area contributed by atoms with E-state index in [1.807, 2.05) is 43.4 Å². The number of hydrogen-bond donors (Lipinski definition) is 0. The van der Waals surface area contributed by atoms with E-state index < -0.39 is 6.04 Å². The first-order valence-corrected chi connectivity index (χ1v) is 9.82. The van der Waals surface area contributed by atoms with Crippen LogP contribution in [0, 0.1) is 0 Å². The van der Waals surface area contributed by atoms with Gasteiger partial charge in [-0.2, -0.15) is 0 Å². The molecule has 0 fully saturated rings. The number of hydrogen-bond acceptors (Lipinski definition) is 1. The predicted molar refractivity (Wildman–Crippen MR) is 99.5 cm³/mol. The Kier molecular flexibility index (Phi) is 5.92. The van der Waals surface area contributed by atoms with Crippen LogP contribution in [0.1, 0.15) is 6.92 Å². The van der Waals surface area contributed by atoms with Crippen LogP contribution < -0.4 is 10.6 Å². The quantitative estimate of drug-likeness (QED) is 0.566. The molecular weight excluding hydrogens is 291 g/mol. The molecule has 0 aromatic heterocycles. The summed E-state index contributed by atoms with van der Waals surface area (Å²) in [6, 6.07) is 18.9. The van der Waals surface area contributed by atoms with Gasteiger partial charge < -0.3 is 0 Å². The third kappa shape index (κ3) is 4.14. The second-order valence-corrected chi connectivity index (χ2v) is 8.96. The summed E-state index contributed by atoms with van der Waals surface area (Å²) in [5.41, 5.74) is 0. The highest BCUT2D eigenvalue weighted by Gasteiger charge is 2.17. The van der Waals surface area contributed by atoms with Gasteiger partial charge in [-0.3, -0.25) is 0 Å². The molecule has 0 nitrogen and oxygen atoms in total. The monoisotopic (exact) mass is 310 g/mol. The predicted octanol–water partition coefficient (Wildman–Crippen LogP) is 4.76. The Morgan fingerprint density at radius 1 is 0.714 bits per heavy atom. The average molecular weight is 310 g/mol. The van der Waals surface area contributed by atoms with Crippen LogP contribution >= 0.6 is 6.04 Å². The van der Waals surface area contributed by atoms with E-state index in [4.69, 9.17) is 11.8 Å². The minimum absolute atomic E-state index is 1.22. The molecule has 0 atom stereocenters. The van der Waals surface area contributed by atoms with Gasteiger partial charge in [0.25, 0.3) is 0 Å². The molecule has 0 N–H and O–H groups in total. The van der Waals surface area contributed by atoms with E-state index in [0.717, 1.165) is 0 Å². The normalized spacial score (nSPS) is 12.6. The van der Waals surface area contributed by atoms with Gasteiger partial charge >= 0.3 is 0 Å². The number of benzene rings is 2. The minimum atomic E-state index is -1.90. The third-order valence-corrected chi connectivity index (χ3v) is 7.45. The average Bonchev–Trinajstić information content (AvgIpc) is 2.56. The molecule has 2 heteroatoms. The van der Waals surface area contributed by atoms with Gasteiger partial charge in [0.15, 0.2) is 0 Å². The molecule has 0 spiro atoms. The first-order chi connectivity index (χ1) is 10.3. The molecule has 0 saturated carbocycles. The fourth-order valence-electron chi connectivity index (χ4n) is 2.03. The Labute approximate surface area is 132 Å². The highest BCUT2D eigenvalue weighted by atomic mass is 32.4. The molecule has 0 aliphatic rings. The highest BCUT2D eigenvalue weighted by Crippen LogP contribution is 2.45. The van der Waals surface area contributed by atoms with Gasteiger partial charge in [-0.1, -0.05) is 103 Å². The van der Waals surface area contributed by atoms with Crippen LogP contribution in [0.4, 0.5) is 0 Å². The summed E-state index contributed by atoms with van der Waals surface area (Å²) in [6.45, 7) is 2.01. The van der Waals surface area contributed by atoms with Crippen LogP contribution in [0.5, 0.6) is 0 Å². The topological polar surface area (TPSA) is 0 Å². The molecule has 0 bridgehead atoms. The molecular formula is C19H19PS. The van der Waals surface area contributed by atoms with Gasteiger partial charge in [0.1, 0.15) is 0 Å². The first kappa shape index (κ1) is 15.7. The van der Waals surface area contributed by atoms with Crippen molar-refractivity contribution < 1.29 is 0 Å². The van der Waals surface area contributed by atoms with Crippen molar-refractivity contribution >= 4 is 28.5 Å². The molecule has 0 radical (unpaired) electrons. The summed E-state index contributed by atoms with van der Waals surface area (Å²) in [6.07, 6.45) is 10.1. The van der Waals surface area contributed by atoms with E-state index in [-0.39, 0.29) is 0 Å². The van der Waals surface area contributed by atoms with Crippen molar-refractivity contribution in [2.45, 2.75) is 6.92 Å². The van der Waals surface area contributed by atoms with Gasteiger partial charge in [-0.25, -0.2) is 0 Å². The smallest absolute Gasteiger partial charge is 0.0310 e. The Bertz CT molecular complexity index is 639. The van der Waals surface area contributed by atoms with Crippen molar-refractivity contribution in [3.05, 3.63) is 96.9 Å². The molecule has 0 amide bonds. The summed E-state index contributed by atoms with van der Waals surface area (Å²) in [4.78, 5) is 0. The van der Waals surface area contributed by atoms with Gasteiger partial charge in [-0.15, -0.1) is 0 Å². The number of rotatable bonds is 5. The standard InChI is InChI=1S/C19H19PS/c1-2-3-4-5-12-17-20(21,18-13-8-6-9-14-18)19-15-10-7-11-16-19/h2-17H,1H3/b3-2?,5-4?,17-12+. The Hall–Kier alpha value is -1.69. The minimum Gasteiger partial charge on any atom is -0.0877 e. The maximum atomic E-state index is 6.09. The van der Waals surface area contributed by atoms with Crippen LogP contribution in [-0.4, -0.2) is 0 Å². The zero-order chi connectivity index (χ0) is 15.0. The Morgan fingerprint density at radius 2 is 1.19 bits per heavy atom. The van der Waals surface area contributed by atoms with Gasteiger partial charge in [0.2, 0.25) is 0 Å². The third-order valence-electron chi connectivity index (χ3n) is 3.10. The second kappa shape index (κ2) is 7.93. The van der Waals surface area contributed by atoms with E-state index in [1.165, 1.54) is 10.6 Å². The fraction of sp³-hybridized carbons (Fsp3) is 0.0526. The van der Waals surface area contributed by atoms with Crippen LogP contribution in [0.25, 0.3) is 0 Å². The van der Waals surface area contributed by atoms with Crippen LogP contribution in [0.3, 0.4) is 0 Å². The van der Waals surface area contributed by atoms with Crippen molar-refractivity contribution in [1.29, 1.82) is 0 Å². The summed E-state index contributed by atoms with van der Waals surface area (Å²) in [5.74, 6) is 2.19. The van der Waals surface area contributed by atoms with E-state index in [9.17, 15) is 0 Å². The lowest BCUT2D eigenvalue weighted by molar-refractivity contribution is 1.73. The van der Waals surface area contributed by atoms with Gasteiger partial charge in [0, 0.05) is 6.04 Å². The maximum absolute atomic E-state index is 6.09. The van der Waals surface area contributed by atoms with Crippen LogP contribution in [0.2, 0.25) is 0 Å². The number of allylic oxidation sites excluding steroid dienone is 5. The SMILES string of the molecule is CC=CC=C/C=C/P(=S)(c1ccccc1)c1ccccc1. The molecule has 0 heterocycles. The maximum Gasteiger partial charge on any atom is 0.0310 e. The lowest BCUT2D eigenvalue weighted by Crippen LogP contribution is -2.13. The Balaban J connectivity index is 2.43. The van der Waals surface area contributed by atoms with Crippen molar-refractivity contribution in [1.82, 2.24) is 0 Å². The lowest BCUT2D eigenvalue weighted by Gasteiger charge is -2.19. The van der Waals surface area contributed by atoms with Gasteiger partial charge in [-0.05, 0) is 23.3 Å². The van der Waals surface area contributed by atoms with E-state index in [2.05, 4.69) is 60.4 Å². The fourth-order valence-corrected chi connectivity index (χ4v) is 5.19. The molecule has 0 aliphatic heterocycles. The van der Waals surface area contributed by atoms with Crippen molar-refractivity contribution in [2.24, 2.45) is 0 Å². The van der Waals surface area contributed by atoms with Crippen molar-refractivity contribution in [3.63, 3.8) is 0 Å².